The van der Waals surface area contributed by atoms with Gasteiger partial charge in [0.2, 0.25) is 0 Å². The maximum absolute atomic E-state index is 11.5. The van der Waals surface area contributed by atoms with Gasteiger partial charge in [0.1, 0.15) is 6.04 Å². The van der Waals surface area contributed by atoms with Crippen LogP contribution in [-0.2, 0) is 4.79 Å². The SMILES string of the molecule is CCC(C)(C)C1C(=O)NC(=O)N1C(=O)O. The first-order valence-corrected chi connectivity index (χ1v) is 4.68. The van der Waals surface area contributed by atoms with Gasteiger partial charge in [0.15, 0.2) is 0 Å². The number of urea groups is 1. The van der Waals surface area contributed by atoms with E-state index in [2.05, 4.69) is 0 Å². The largest absolute Gasteiger partial charge is 0.465 e. The van der Waals surface area contributed by atoms with Crippen molar-refractivity contribution in [2.45, 2.75) is 33.2 Å². The number of carbonyl (C=O) groups is 3. The number of carboxylic acid groups (broad SMARTS) is 1. The summed E-state index contributed by atoms with van der Waals surface area (Å²) >= 11 is 0. The summed E-state index contributed by atoms with van der Waals surface area (Å²) in [6.45, 7) is 5.35. The predicted octanol–water partition coefficient (Wildman–Crippen LogP) is 1.02. The van der Waals surface area contributed by atoms with Gasteiger partial charge < -0.3 is 5.11 Å². The maximum Gasteiger partial charge on any atom is 0.416 e. The van der Waals surface area contributed by atoms with E-state index in [0.717, 1.165) is 0 Å². The summed E-state index contributed by atoms with van der Waals surface area (Å²) in [7, 11) is 0. The van der Waals surface area contributed by atoms with Crippen LogP contribution >= 0.6 is 0 Å². The number of nitrogens with zero attached hydrogens (tertiary/aromatic N) is 1. The highest BCUT2D eigenvalue weighted by Gasteiger charge is 2.49. The van der Waals surface area contributed by atoms with Gasteiger partial charge >= 0.3 is 12.1 Å². The Bertz CT molecular complexity index is 324. The standard InChI is InChI=1S/C9H14N2O4/c1-4-9(2,3)5-6(12)10-7(13)11(5)8(14)15/h5H,4H2,1-3H3,(H,14,15)(H,10,12,13). The third kappa shape index (κ3) is 1.79. The summed E-state index contributed by atoms with van der Waals surface area (Å²) in [5, 5.41) is 10.8. The summed E-state index contributed by atoms with van der Waals surface area (Å²) in [4.78, 5) is 34.1. The molecule has 0 bridgehead atoms. The molecule has 6 nitrogen and oxygen atoms in total. The Labute approximate surface area is 87.2 Å². The van der Waals surface area contributed by atoms with Gasteiger partial charge in [-0.1, -0.05) is 20.8 Å². The Balaban J connectivity index is 3.09. The van der Waals surface area contributed by atoms with E-state index in [1.54, 1.807) is 13.8 Å². The highest BCUT2D eigenvalue weighted by molar-refractivity contribution is 6.10. The molecule has 0 aromatic heterocycles. The van der Waals surface area contributed by atoms with Gasteiger partial charge in [-0.2, -0.15) is 0 Å². The highest BCUT2D eigenvalue weighted by Crippen LogP contribution is 2.31. The molecule has 0 saturated carbocycles. The lowest BCUT2D eigenvalue weighted by atomic mass is 9.81. The molecule has 0 radical (unpaired) electrons. The number of nitrogens with one attached hydrogen (secondary N) is 1. The lowest BCUT2D eigenvalue weighted by Crippen LogP contribution is -2.47. The fourth-order valence-corrected chi connectivity index (χ4v) is 1.56. The van der Waals surface area contributed by atoms with Crippen molar-refractivity contribution < 1.29 is 19.5 Å². The Morgan fingerprint density at radius 2 is 2.07 bits per heavy atom. The zero-order valence-electron chi connectivity index (χ0n) is 8.90. The Morgan fingerprint density at radius 1 is 1.53 bits per heavy atom. The summed E-state index contributed by atoms with van der Waals surface area (Å²) in [6.07, 6.45) is -0.799. The van der Waals surface area contributed by atoms with E-state index in [1.807, 2.05) is 12.2 Å². The Kier molecular flexibility index (Phi) is 2.70. The zero-order chi connectivity index (χ0) is 11.8. The fraction of sp³-hybridized carbons (Fsp3) is 0.667. The van der Waals surface area contributed by atoms with Crippen LogP contribution in [0.1, 0.15) is 27.2 Å². The van der Waals surface area contributed by atoms with Crippen LogP contribution in [-0.4, -0.2) is 34.1 Å². The minimum Gasteiger partial charge on any atom is -0.465 e. The third-order valence-electron chi connectivity index (χ3n) is 2.81. The van der Waals surface area contributed by atoms with Crippen LogP contribution in [0.4, 0.5) is 9.59 Å². The van der Waals surface area contributed by atoms with Gasteiger partial charge in [-0.05, 0) is 11.8 Å². The number of hydrogen-bond acceptors (Lipinski definition) is 3. The molecule has 4 amide bonds. The summed E-state index contributed by atoms with van der Waals surface area (Å²) < 4.78 is 0. The number of amides is 4. The first-order chi connectivity index (χ1) is 6.81. The molecule has 0 aliphatic carbocycles. The van der Waals surface area contributed by atoms with Gasteiger partial charge in [0, 0.05) is 0 Å². The first-order valence-electron chi connectivity index (χ1n) is 4.68. The van der Waals surface area contributed by atoms with E-state index in [0.29, 0.717) is 11.3 Å². The van der Waals surface area contributed by atoms with Crippen LogP contribution < -0.4 is 5.32 Å². The number of hydrogen-bond donors (Lipinski definition) is 2. The van der Waals surface area contributed by atoms with Crippen LogP contribution in [0.25, 0.3) is 0 Å². The van der Waals surface area contributed by atoms with Crippen LogP contribution in [0.3, 0.4) is 0 Å². The van der Waals surface area contributed by atoms with Gasteiger partial charge in [0.05, 0.1) is 0 Å². The topological polar surface area (TPSA) is 86.7 Å². The maximum atomic E-state index is 11.5. The molecule has 1 aliphatic rings. The van der Waals surface area contributed by atoms with Gasteiger partial charge in [-0.3, -0.25) is 10.1 Å². The fourth-order valence-electron chi connectivity index (χ4n) is 1.56. The van der Waals surface area contributed by atoms with E-state index in [4.69, 9.17) is 5.11 Å². The molecule has 1 atom stereocenters. The van der Waals surface area contributed by atoms with Crippen molar-refractivity contribution >= 4 is 18.0 Å². The van der Waals surface area contributed by atoms with E-state index in [1.165, 1.54) is 0 Å². The van der Waals surface area contributed by atoms with Crippen molar-refractivity contribution in [2.75, 3.05) is 0 Å². The monoisotopic (exact) mass is 214 g/mol. The smallest absolute Gasteiger partial charge is 0.416 e. The van der Waals surface area contributed by atoms with Crippen molar-refractivity contribution in [2.24, 2.45) is 5.41 Å². The van der Waals surface area contributed by atoms with E-state index < -0.39 is 29.5 Å². The minimum absolute atomic E-state index is 0.547. The first kappa shape index (κ1) is 11.5. The number of carbonyl (C=O) groups excluding carboxylic acids is 2. The molecule has 1 rings (SSSR count). The van der Waals surface area contributed by atoms with Crippen molar-refractivity contribution in [3.8, 4) is 0 Å². The lowest BCUT2D eigenvalue weighted by molar-refractivity contribution is -0.124. The van der Waals surface area contributed by atoms with Gasteiger partial charge in [-0.25, -0.2) is 14.5 Å². The molecule has 1 aliphatic heterocycles. The normalized spacial score (nSPS) is 21.8. The lowest BCUT2D eigenvalue weighted by Gasteiger charge is -2.31. The van der Waals surface area contributed by atoms with Crippen molar-refractivity contribution in [3.05, 3.63) is 0 Å². The Hall–Kier alpha value is -1.59. The molecular weight excluding hydrogens is 200 g/mol. The van der Waals surface area contributed by atoms with Gasteiger partial charge in [-0.15, -0.1) is 0 Å². The molecule has 0 aromatic carbocycles. The van der Waals surface area contributed by atoms with E-state index in [-0.39, 0.29) is 0 Å². The molecule has 84 valence electrons. The Morgan fingerprint density at radius 3 is 2.47 bits per heavy atom. The molecular formula is C9H14N2O4. The molecule has 0 aromatic rings. The highest BCUT2D eigenvalue weighted by atomic mass is 16.4. The molecule has 2 N–H and O–H groups in total. The zero-order valence-corrected chi connectivity index (χ0v) is 8.90. The van der Waals surface area contributed by atoms with Gasteiger partial charge in [0.25, 0.3) is 5.91 Å². The third-order valence-corrected chi connectivity index (χ3v) is 2.81. The molecule has 1 fully saturated rings. The molecule has 15 heavy (non-hydrogen) atoms. The molecule has 0 spiro atoms. The quantitative estimate of drug-likeness (QED) is 0.672. The second kappa shape index (κ2) is 3.52. The summed E-state index contributed by atoms with van der Waals surface area (Å²) in [5.74, 6) is -0.547. The number of imide groups is 2. The van der Waals surface area contributed by atoms with Crippen LogP contribution in [0.15, 0.2) is 0 Å². The predicted molar refractivity (Wildman–Crippen MR) is 51.3 cm³/mol. The molecule has 1 saturated heterocycles. The van der Waals surface area contributed by atoms with Crippen molar-refractivity contribution in [1.29, 1.82) is 0 Å². The van der Waals surface area contributed by atoms with Crippen molar-refractivity contribution in [1.82, 2.24) is 10.2 Å². The van der Waals surface area contributed by atoms with Crippen LogP contribution in [0, 0.1) is 5.41 Å². The number of rotatable bonds is 2. The van der Waals surface area contributed by atoms with Crippen LogP contribution in [0.2, 0.25) is 0 Å². The average molecular weight is 214 g/mol. The minimum atomic E-state index is -1.40. The van der Waals surface area contributed by atoms with Crippen LogP contribution in [0.5, 0.6) is 0 Å². The summed E-state index contributed by atoms with van der Waals surface area (Å²) in [6, 6.07) is -1.80. The second-order valence-corrected chi connectivity index (χ2v) is 4.19. The molecule has 1 heterocycles. The average Bonchev–Trinajstić information content (AvgIpc) is 2.41. The summed E-state index contributed by atoms with van der Waals surface area (Å²) in [5.41, 5.74) is -0.561. The van der Waals surface area contributed by atoms with Crippen molar-refractivity contribution in [3.63, 3.8) is 0 Å². The van der Waals surface area contributed by atoms with E-state index >= 15 is 0 Å². The molecule has 1 unspecified atom stereocenters. The van der Waals surface area contributed by atoms with E-state index in [9.17, 15) is 14.4 Å². The molecule has 6 heteroatoms. The second-order valence-electron chi connectivity index (χ2n) is 4.19.